The standard InChI is InChI=1S/C8H4IN3O3/c9-7-3-5(12(13)14)1-2-6(7)8-11-10-4-15-8/h1-4H. The van der Waals surface area contributed by atoms with Crippen LogP contribution in [0.5, 0.6) is 0 Å². The summed E-state index contributed by atoms with van der Waals surface area (Å²) in [5.41, 5.74) is 0.737. The number of hydrogen-bond acceptors (Lipinski definition) is 5. The molecule has 0 spiro atoms. The summed E-state index contributed by atoms with van der Waals surface area (Å²) in [7, 11) is 0. The second kappa shape index (κ2) is 3.93. The summed E-state index contributed by atoms with van der Waals surface area (Å²) >= 11 is 1.99. The van der Waals surface area contributed by atoms with Crippen LogP contribution in [0, 0.1) is 13.7 Å². The SMILES string of the molecule is O=[N+]([O-])c1ccc(-c2nnco2)c(I)c1. The molecule has 0 aliphatic carbocycles. The first-order valence-electron chi connectivity index (χ1n) is 3.89. The molecule has 0 aliphatic heterocycles. The number of non-ortho nitro benzene ring substituents is 1. The third-order valence-electron chi connectivity index (χ3n) is 1.75. The molecule has 0 atom stereocenters. The van der Waals surface area contributed by atoms with Gasteiger partial charge < -0.3 is 4.42 Å². The lowest BCUT2D eigenvalue weighted by Crippen LogP contribution is -1.90. The quantitative estimate of drug-likeness (QED) is 0.482. The Bertz CT molecular complexity index is 498. The fraction of sp³-hybridized carbons (Fsp3) is 0. The number of hydrogen-bond donors (Lipinski definition) is 0. The van der Waals surface area contributed by atoms with Crippen molar-refractivity contribution in [3.8, 4) is 11.5 Å². The topological polar surface area (TPSA) is 82.1 Å². The minimum Gasteiger partial charge on any atom is -0.423 e. The third kappa shape index (κ3) is 1.96. The Morgan fingerprint density at radius 3 is 2.80 bits per heavy atom. The summed E-state index contributed by atoms with van der Waals surface area (Å²) < 4.78 is 5.70. The van der Waals surface area contributed by atoms with Gasteiger partial charge >= 0.3 is 0 Å². The lowest BCUT2D eigenvalue weighted by Gasteiger charge is -1.98. The van der Waals surface area contributed by atoms with Gasteiger partial charge in [-0.15, -0.1) is 10.2 Å². The molecule has 0 amide bonds. The van der Waals surface area contributed by atoms with Crippen LogP contribution in [0.4, 0.5) is 5.69 Å². The summed E-state index contributed by atoms with van der Waals surface area (Å²) in [5.74, 6) is 0.356. The molecule has 2 aromatic rings. The molecule has 7 heteroatoms. The van der Waals surface area contributed by atoms with Crippen molar-refractivity contribution < 1.29 is 9.34 Å². The summed E-state index contributed by atoms with van der Waals surface area (Å²) in [6, 6.07) is 4.45. The number of nitro benzene ring substituents is 1. The average Bonchev–Trinajstić information content (AvgIpc) is 2.70. The van der Waals surface area contributed by atoms with Crippen molar-refractivity contribution in [3.63, 3.8) is 0 Å². The Morgan fingerprint density at radius 1 is 1.47 bits per heavy atom. The molecule has 2 rings (SSSR count). The predicted molar refractivity (Wildman–Crippen MR) is 59.1 cm³/mol. The molecule has 0 fully saturated rings. The van der Waals surface area contributed by atoms with Crippen LogP contribution in [-0.2, 0) is 0 Å². The Kier molecular flexibility index (Phi) is 2.62. The van der Waals surface area contributed by atoms with Gasteiger partial charge in [0.25, 0.3) is 5.69 Å². The van der Waals surface area contributed by atoms with Gasteiger partial charge in [0.05, 0.1) is 10.5 Å². The summed E-state index contributed by atoms with van der Waals surface area (Å²) in [5, 5.41) is 17.8. The third-order valence-corrected chi connectivity index (χ3v) is 2.65. The van der Waals surface area contributed by atoms with Crippen molar-refractivity contribution >= 4 is 28.3 Å². The second-order valence-corrected chi connectivity index (χ2v) is 3.83. The first-order valence-corrected chi connectivity index (χ1v) is 4.97. The molecule has 0 saturated heterocycles. The van der Waals surface area contributed by atoms with Crippen molar-refractivity contribution in [1.29, 1.82) is 0 Å². The number of rotatable bonds is 2. The van der Waals surface area contributed by atoms with E-state index in [1.54, 1.807) is 6.07 Å². The number of benzene rings is 1. The van der Waals surface area contributed by atoms with Crippen molar-refractivity contribution in [2.45, 2.75) is 0 Å². The molecule has 6 nitrogen and oxygen atoms in total. The first-order chi connectivity index (χ1) is 7.18. The van der Waals surface area contributed by atoms with E-state index in [-0.39, 0.29) is 5.69 Å². The van der Waals surface area contributed by atoms with Crippen LogP contribution >= 0.6 is 22.6 Å². The van der Waals surface area contributed by atoms with Crippen LogP contribution in [0.2, 0.25) is 0 Å². The number of nitrogens with zero attached hydrogens (tertiary/aromatic N) is 3. The van der Waals surface area contributed by atoms with Crippen LogP contribution in [0.15, 0.2) is 29.0 Å². The maximum absolute atomic E-state index is 10.5. The van der Waals surface area contributed by atoms with Gasteiger partial charge in [0, 0.05) is 15.7 Å². The van der Waals surface area contributed by atoms with E-state index in [1.807, 2.05) is 22.6 Å². The molecule has 0 unspecified atom stereocenters. The Hall–Kier alpha value is -1.51. The maximum Gasteiger partial charge on any atom is 0.270 e. The Labute approximate surface area is 97.6 Å². The largest absolute Gasteiger partial charge is 0.423 e. The van der Waals surface area contributed by atoms with E-state index < -0.39 is 4.92 Å². The van der Waals surface area contributed by atoms with E-state index in [0.29, 0.717) is 15.0 Å². The van der Waals surface area contributed by atoms with Crippen molar-refractivity contribution in [2.24, 2.45) is 0 Å². The van der Waals surface area contributed by atoms with Gasteiger partial charge in [-0.05, 0) is 28.7 Å². The van der Waals surface area contributed by atoms with Gasteiger partial charge in [0.2, 0.25) is 12.3 Å². The van der Waals surface area contributed by atoms with E-state index >= 15 is 0 Å². The van der Waals surface area contributed by atoms with E-state index in [0.717, 1.165) is 0 Å². The molecule has 0 saturated carbocycles. The van der Waals surface area contributed by atoms with Crippen LogP contribution in [0.25, 0.3) is 11.5 Å². The van der Waals surface area contributed by atoms with Crippen LogP contribution in [0.1, 0.15) is 0 Å². The zero-order valence-electron chi connectivity index (χ0n) is 7.25. The van der Waals surface area contributed by atoms with E-state index in [4.69, 9.17) is 4.42 Å². The van der Waals surface area contributed by atoms with Gasteiger partial charge in [-0.1, -0.05) is 0 Å². The zero-order valence-corrected chi connectivity index (χ0v) is 9.41. The van der Waals surface area contributed by atoms with Gasteiger partial charge in [-0.25, -0.2) is 0 Å². The summed E-state index contributed by atoms with van der Waals surface area (Å²) in [6.45, 7) is 0. The molecule has 1 heterocycles. The minimum atomic E-state index is -0.445. The van der Waals surface area contributed by atoms with Crippen molar-refractivity contribution in [1.82, 2.24) is 10.2 Å². The smallest absolute Gasteiger partial charge is 0.270 e. The lowest BCUT2D eigenvalue weighted by molar-refractivity contribution is -0.384. The van der Waals surface area contributed by atoms with E-state index in [1.165, 1.54) is 18.5 Å². The maximum atomic E-state index is 10.5. The summed E-state index contributed by atoms with van der Waals surface area (Å²) in [4.78, 5) is 10.1. The number of aromatic nitrogens is 2. The Morgan fingerprint density at radius 2 is 2.27 bits per heavy atom. The highest BCUT2D eigenvalue weighted by Crippen LogP contribution is 2.26. The lowest BCUT2D eigenvalue weighted by atomic mass is 10.2. The molecule has 76 valence electrons. The molecular weight excluding hydrogens is 313 g/mol. The highest BCUT2D eigenvalue weighted by atomic mass is 127. The monoisotopic (exact) mass is 317 g/mol. The van der Waals surface area contributed by atoms with Gasteiger partial charge in [-0.3, -0.25) is 10.1 Å². The van der Waals surface area contributed by atoms with Crippen LogP contribution < -0.4 is 0 Å². The minimum absolute atomic E-state index is 0.0441. The van der Waals surface area contributed by atoms with Crippen LogP contribution in [0.3, 0.4) is 0 Å². The fourth-order valence-electron chi connectivity index (χ4n) is 1.08. The van der Waals surface area contributed by atoms with Gasteiger partial charge in [-0.2, -0.15) is 0 Å². The molecular formula is C8H4IN3O3. The number of halogens is 1. The molecule has 1 aromatic heterocycles. The normalized spacial score (nSPS) is 10.2. The highest BCUT2D eigenvalue weighted by molar-refractivity contribution is 14.1. The molecule has 0 N–H and O–H groups in total. The van der Waals surface area contributed by atoms with E-state index in [2.05, 4.69) is 10.2 Å². The highest BCUT2D eigenvalue weighted by Gasteiger charge is 2.12. The Balaban J connectivity index is 2.48. The van der Waals surface area contributed by atoms with Gasteiger partial charge in [0.15, 0.2) is 0 Å². The first kappa shape index (κ1) is 10.0. The second-order valence-electron chi connectivity index (χ2n) is 2.67. The zero-order chi connectivity index (χ0) is 10.8. The van der Waals surface area contributed by atoms with Crippen LogP contribution in [-0.4, -0.2) is 15.1 Å². The fourth-order valence-corrected chi connectivity index (χ4v) is 1.81. The van der Waals surface area contributed by atoms with E-state index in [9.17, 15) is 10.1 Å². The summed E-state index contributed by atoms with van der Waals surface area (Å²) in [6.07, 6.45) is 1.22. The number of nitro groups is 1. The molecule has 0 radical (unpaired) electrons. The predicted octanol–water partition coefficient (Wildman–Crippen LogP) is 2.25. The van der Waals surface area contributed by atoms with Crippen molar-refractivity contribution in [3.05, 3.63) is 38.3 Å². The molecule has 0 bridgehead atoms. The molecule has 15 heavy (non-hydrogen) atoms. The molecule has 0 aliphatic rings. The van der Waals surface area contributed by atoms with Crippen molar-refractivity contribution in [2.75, 3.05) is 0 Å². The molecule has 1 aromatic carbocycles. The average molecular weight is 317 g/mol. The van der Waals surface area contributed by atoms with Gasteiger partial charge in [0.1, 0.15) is 0 Å².